The van der Waals surface area contributed by atoms with Crippen LogP contribution in [0.4, 0.5) is 0 Å². The summed E-state index contributed by atoms with van der Waals surface area (Å²) in [6.45, 7) is 2.66. The molecule has 0 N–H and O–H groups in total. The molecular weight excluding hydrogens is 378 g/mol. The maximum absolute atomic E-state index is 12.9. The highest BCUT2D eigenvalue weighted by atomic mass is 32.2. The van der Waals surface area contributed by atoms with Crippen molar-refractivity contribution >= 4 is 21.1 Å². The quantitative estimate of drug-likeness (QED) is 0.711. The van der Waals surface area contributed by atoms with E-state index in [0.29, 0.717) is 36.0 Å². The van der Waals surface area contributed by atoms with Crippen LogP contribution in [-0.4, -0.2) is 36.0 Å². The van der Waals surface area contributed by atoms with Gasteiger partial charge in [-0.3, -0.25) is 9.59 Å². The third-order valence-corrected chi connectivity index (χ3v) is 8.41. The Hall–Kier alpha value is -1.93. The number of nitrogens with zero attached hydrogens (tertiary/aromatic N) is 3. The fraction of sp³-hybridized carbons (Fsp3) is 0.600. The lowest BCUT2D eigenvalue weighted by atomic mass is 9.88. The van der Waals surface area contributed by atoms with Gasteiger partial charge in [0, 0.05) is 27.2 Å². The molecule has 8 heteroatoms. The van der Waals surface area contributed by atoms with Crippen LogP contribution in [0, 0.1) is 17.8 Å². The monoisotopic (exact) mass is 405 g/mol. The van der Waals surface area contributed by atoms with Gasteiger partial charge >= 0.3 is 11.1 Å². The van der Waals surface area contributed by atoms with E-state index >= 15 is 0 Å². The lowest BCUT2D eigenvalue weighted by molar-refractivity contribution is 0.295. The summed E-state index contributed by atoms with van der Waals surface area (Å²) >= 11 is 0. The first-order valence-corrected chi connectivity index (χ1v) is 11.4. The Morgan fingerprint density at radius 2 is 1.75 bits per heavy atom. The van der Waals surface area contributed by atoms with Crippen molar-refractivity contribution in [3.05, 3.63) is 38.9 Å². The highest BCUT2D eigenvalue weighted by Gasteiger charge is 2.39. The van der Waals surface area contributed by atoms with E-state index < -0.39 is 21.1 Å². The summed E-state index contributed by atoms with van der Waals surface area (Å²) in [5.74, 6) is 1.72. The summed E-state index contributed by atoms with van der Waals surface area (Å²) in [6.07, 6.45) is 4.75. The van der Waals surface area contributed by atoms with E-state index in [4.69, 9.17) is 0 Å². The highest BCUT2D eigenvalue weighted by molar-refractivity contribution is 7.89. The average Bonchev–Trinajstić information content (AvgIpc) is 3.28. The third kappa shape index (κ3) is 2.93. The molecule has 2 saturated carbocycles. The topological polar surface area (TPSA) is 81.4 Å². The molecule has 2 aliphatic rings. The van der Waals surface area contributed by atoms with Crippen LogP contribution in [0.3, 0.4) is 0 Å². The number of aryl methyl sites for hydroxylation is 1. The van der Waals surface area contributed by atoms with Crippen LogP contribution in [-0.2, 0) is 23.1 Å². The molecule has 0 spiro atoms. The van der Waals surface area contributed by atoms with Crippen molar-refractivity contribution < 1.29 is 8.42 Å². The summed E-state index contributed by atoms with van der Waals surface area (Å²) in [5.41, 5.74) is 0.0306. The second kappa shape index (κ2) is 6.84. The molecule has 2 aromatic rings. The van der Waals surface area contributed by atoms with Gasteiger partial charge in [-0.15, -0.1) is 0 Å². The molecule has 4 rings (SSSR count). The lowest BCUT2D eigenvalue weighted by Gasteiger charge is -2.24. The lowest BCUT2D eigenvalue weighted by Crippen LogP contribution is -2.42. The number of hydrogen-bond acceptors (Lipinski definition) is 4. The van der Waals surface area contributed by atoms with E-state index in [9.17, 15) is 18.0 Å². The Bertz CT molecular complexity index is 1150. The van der Waals surface area contributed by atoms with E-state index in [0.717, 1.165) is 16.6 Å². The average molecular weight is 406 g/mol. The minimum absolute atomic E-state index is 0.132. The van der Waals surface area contributed by atoms with Gasteiger partial charge in [0.25, 0.3) is 0 Å². The van der Waals surface area contributed by atoms with Crippen LogP contribution < -0.4 is 11.1 Å². The molecule has 1 heterocycles. The molecule has 0 radical (unpaired) electrons. The number of hydrogen-bond donors (Lipinski definition) is 0. The summed E-state index contributed by atoms with van der Waals surface area (Å²) in [7, 11) is -0.671. The SMILES string of the molecule is CCn1c(=O)c(=O)n(C[C@H]2C[C@H]3CC[C@H]2C3)c2cc(S(=O)(=O)N(C)C)ccc21. The first kappa shape index (κ1) is 19.4. The second-order valence-electron chi connectivity index (χ2n) is 8.34. The van der Waals surface area contributed by atoms with Crippen molar-refractivity contribution in [3.8, 4) is 0 Å². The van der Waals surface area contributed by atoms with Crippen LogP contribution in [0.25, 0.3) is 11.0 Å². The Balaban J connectivity index is 1.92. The van der Waals surface area contributed by atoms with Crippen molar-refractivity contribution in [1.29, 1.82) is 0 Å². The Morgan fingerprint density at radius 1 is 1.04 bits per heavy atom. The fourth-order valence-electron chi connectivity index (χ4n) is 5.10. The van der Waals surface area contributed by atoms with Crippen LogP contribution in [0.2, 0.25) is 0 Å². The fourth-order valence-corrected chi connectivity index (χ4v) is 6.02. The van der Waals surface area contributed by atoms with Crippen LogP contribution in [0.15, 0.2) is 32.7 Å². The standard InChI is InChI=1S/C20H27N3O4S/c1-4-22-17-8-7-16(28(26,27)21(2)3)11-18(17)23(20(25)19(22)24)12-15-10-13-5-6-14(15)9-13/h7-8,11,13-15H,4-6,9-10,12H2,1-3H3/t13-,14-,15+/m0/s1. The Morgan fingerprint density at radius 3 is 2.32 bits per heavy atom. The molecule has 1 aromatic heterocycles. The molecule has 0 unspecified atom stereocenters. The van der Waals surface area contributed by atoms with Crippen LogP contribution >= 0.6 is 0 Å². The number of benzene rings is 1. The maximum atomic E-state index is 12.9. The first-order valence-electron chi connectivity index (χ1n) is 9.94. The highest BCUT2D eigenvalue weighted by Crippen LogP contribution is 2.48. The summed E-state index contributed by atoms with van der Waals surface area (Å²) < 4.78 is 29.3. The van der Waals surface area contributed by atoms with Gasteiger partial charge in [0.15, 0.2) is 0 Å². The van der Waals surface area contributed by atoms with Gasteiger partial charge in [-0.05, 0) is 62.1 Å². The predicted molar refractivity (Wildman–Crippen MR) is 108 cm³/mol. The summed E-state index contributed by atoms with van der Waals surface area (Å²) in [6, 6.07) is 4.70. The molecule has 3 atom stereocenters. The molecule has 7 nitrogen and oxygen atoms in total. The minimum Gasteiger partial charge on any atom is -0.302 e. The molecule has 0 amide bonds. The van der Waals surface area contributed by atoms with Crippen molar-refractivity contribution in [2.45, 2.75) is 50.6 Å². The maximum Gasteiger partial charge on any atom is 0.316 e. The van der Waals surface area contributed by atoms with E-state index in [1.165, 1.54) is 48.6 Å². The molecule has 0 aliphatic heterocycles. The first-order chi connectivity index (χ1) is 13.2. The zero-order chi connectivity index (χ0) is 20.2. The predicted octanol–water partition coefficient (Wildman–Crippen LogP) is 1.87. The second-order valence-corrected chi connectivity index (χ2v) is 10.5. The molecule has 2 bridgehead atoms. The van der Waals surface area contributed by atoms with Gasteiger partial charge in [-0.1, -0.05) is 6.42 Å². The molecule has 2 fully saturated rings. The van der Waals surface area contributed by atoms with E-state index in [2.05, 4.69) is 0 Å². The van der Waals surface area contributed by atoms with Gasteiger partial charge in [-0.2, -0.15) is 0 Å². The zero-order valence-electron chi connectivity index (χ0n) is 16.6. The number of rotatable bonds is 5. The molecule has 152 valence electrons. The Kier molecular flexibility index (Phi) is 4.74. The van der Waals surface area contributed by atoms with Gasteiger partial charge in [0.05, 0.1) is 15.9 Å². The van der Waals surface area contributed by atoms with Gasteiger partial charge < -0.3 is 9.13 Å². The number of aromatic nitrogens is 2. The number of fused-ring (bicyclic) bond motifs is 3. The van der Waals surface area contributed by atoms with Crippen LogP contribution in [0.5, 0.6) is 0 Å². The van der Waals surface area contributed by atoms with E-state index in [1.54, 1.807) is 12.1 Å². The molecule has 2 aliphatic carbocycles. The third-order valence-electron chi connectivity index (χ3n) is 6.60. The minimum atomic E-state index is -3.63. The number of sulfonamides is 1. The van der Waals surface area contributed by atoms with E-state index in [-0.39, 0.29) is 4.90 Å². The normalized spacial score (nSPS) is 24.5. The summed E-state index contributed by atoms with van der Waals surface area (Å²) in [4.78, 5) is 25.7. The zero-order valence-corrected chi connectivity index (χ0v) is 17.4. The molecule has 1 aromatic carbocycles. The van der Waals surface area contributed by atoms with Crippen molar-refractivity contribution in [2.75, 3.05) is 14.1 Å². The van der Waals surface area contributed by atoms with Gasteiger partial charge in [-0.25, -0.2) is 12.7 Å². The Labute approximate surface area is 164 Å². The molecule has 0 saturated heterocycles. The summed E-state index contributed by atoms with van der Waals surface area (Å²) in [5, 5.41) is 0. The van der Waals surface area contributed by atoms with Crippen molar-refractivity contribution in [1.82, 2.24) is 13.4 Å². The van der Waals surface area contributed by atoms with Gasteiger partial charge in [0.2, 0.25) is 10.0 Å². The molecular formula is C20H27N3O4S. The van der Waals surface area contributed by atoms with Crippen LogP contribution in [0.1, 0.15) is 32.6 Å². The van der Waals surface area contributed by atoms with Gasteiger partial charge in [0.1, 0.15) is 0 Å². The molecule has 28 heavy (non-hydrogen) atoms. The van der Waals surface area contributed by atoms with Crippen molar-refractivity contribution in [2.24, 2.45) is 17.8 Å². The largest absolute Gasteiger partial charge is 0.316 e. The smallest absolute Gasteiger partial charge is 0.302 e. The van der Waals surface area contributed by atoms with E-state index in [1.807, 2.05) is 6.92 Å². The van der Waals surface area contributed by atoms with Crippen molar-refractivity contribution in [3.63, 3.8) is 0 Å².